The lowest BCUT2D eigenvalue weighted by molar-refractivity contribution is 0.390. The number of para-hydroxylation sites is 1. The maximum absolute atomic E-state index is 11.4. The Morgan fingerprint density at radius 3 is 2.62 bits per heavy atom. The van der Waals surface area contributed by atoms with Crippen LogP contribution in [0.25, 0.3) is 0 Å². The maximum Gasteiger partial charge on any atom is 0.326 e. The Labute approximate surface area is 93.2 Å². The number of aliphatic hydroxyl groups excluding tert-OH is 1. The molecule has 0 saturated carbocycles. The molecule has 0 radical (unpaired) electrons. The molecular weight excluding hydrogens is 230 g/mol. The average molecular weight is 241 g/mol. The number of aliphatic hydroxyl groups is 1. The number of benzene rings is 1. The number of nitrogens with two attached hydrogens (primary N) is 1. The second-order valence-corrected chi connectivity index (χ2v) is 4.99. The molecule has 7 heteroatoms. The molecule has 0 saturated heterocycles. The van der Waals surface area contributed by atoms with Crippen LogP contribution in [0, 0.1) is 0 Å². The smallest absolute Gasteiger partial charge is 0.326 e. The summed E-state index contributed by atoms with van der Waals surface area (Å²) in [7, 11) is -3.67. The standard InChI is InChI=1S/C9H11N3O3S/c10-8-4-2-1-3-7(8)5-12-6-9(13)11-16(12,14)15/h1-4,6,11,13H,5,10H2. The van der Waals surface area contributed by atoms with Crippen LogP contribution in [0.3, 0.4) is 0 Å². The zero-order chi connectivity index (χ0) is 11.8. The summed E-state index contributed by atoms with van der Waals surface area (Å²) in [6.07, 6.45) is 1.11. The third kappa shape index (κ3) is 1.89. The van der Waals surface area contributed by atoms with Gasteiger partial charge in [0.25, 0.3) is 0 Å². The van der Waals surface area contributed by atoms with Crippen molar-refractivity contribution in [2.45, 2.75) is 6.54 Å². The van der Waals surface area contributed by atoms with E-state index in [9.17, 15) is 8.42 Å². The van der Waals surface area contributed by atoms with Crippen molar-refractivity contribution in [2.24, 2.45) is 0 Å². The Balaban J connectivity index is 2.26. The van der Waals surface area contributed by atoms with E-state index in [0.29, 0.717) is 11.3 Å². The number of nitrogen functional groups attached to an aromatic ring is 1. The summed E-state index contributed by atoms with van der Waals surface area (Å²) in [6.45, 7) is 0.0894. The lowest BCUT2D eigenvalue weighted by Gasteiger charge is -2.14. The molecule has 1 heterocycles. The summed E-state index contributed by atoms with van der Waals surface area (Å²) in [5, 5.41) is 9.08. The number of nitrogens with one attached hydrogen (secondary N) is 1. The zero-order valence-corrected chi connectivity index (χ0v) is 9.11. The molecule has 1 aliphatic heterocycles. The molecule has 0 bridgehead atoms. The SMILES string of the molecule is Nc1ccccc1CN1C=C(O)NS1(=O)=O. The zero-order valence-electron chi connectivity index (χ0n) is 8.29. The fourth-order valence-electron chi connectivity index (χ4n) is 1.40. The first-order valence-electron chi connectivity index (χ1n) is 4.53. The fourth-order valence-corrected chi connectivity index (χ4v) is 2.38. The van der Waals surface area contributed by atoms with Gasteiger partial charge in [-0.3, -0.25) is 4.31 Å². The predicted octanol–water partition coefficient (Wildman–Crippen LogP) is 0.276. The summed E-state index contributed by atoms with van der Waals surface area (Å²) in [5.41, 5.74) is 6.89. The second-order valence-electron chi connectivity index (χ2n) is 3.37. The first-order valence-corrected chi connectivity index (χ1v) is 5.97. The van der Waals surface area contributed by atoms with Crippen molar-refractivity contribution in [2.75, 3.05) is 5.73 Å². The maximum atomic E-state index is 11.4. The molecule has 1 aromatic rings. The fraction of sp³-hybridized carbons (Fsp3) is 0.111. The quantitative estimate of drug-likeness (QED) is 0.648. The first-order chi connectivity index (χ1) is 7.49. The second kappa shape index (κ2) is 3.60. The number of nitrogens with zero attached hydrogens (tertiary/aromatic N) is 1. The Bertz CT molecular complexity index is 539. The van der Waals surface area contributed by atoms with Crippen molar-refractivity contribution in [3.8, 4) is 0 Å². The van der Waals surface area contributed by atoms with Gasteiger partial charge in [0.15, 0.2) is 0 Å². The Morgan fingerprint density at radius 1 is 1.38 bits per heavy atom. The molecule has 0 atom stereocenters. The van der Waals surface area contributed by atoms with E-state index in [0.717, 1.165) is 10.5 Å². The molecule has 2 rings (SSSR count). The van der Waals surface area contributed by atoms with Crippen molar-refractivity contribution < 1.29 is 13.5 Å². The van der Waals surface area contributed by atoms with E-state index in [1.54, 1.807) is 24.3 Å². The van der Waals surface area contributed by atoms with Crippen molar-refractivity contribution in [3.63, 3.8) is 0 Å². The Kier molecular flexibility index (Phi) is 2.39. The minimum absolute atomic E-state index is 0.0894. The molecular formula is C9H11N3O3S. The number of rotatable bonds is 2. The van der Waals surface area contributed by atoms with Gasteiger partial charge in [-0.05, 0) is 11.6 Å². The largest absolute Gasteiger partial charge is 0.493 e. The molecule has 1 aromatic carbocycles. The highest BCUT2D eigenvalue weighted by Crippen LogP contribution is 2.18. The number of anilines is 1. The van der Waals surface area contributed by atoms with Gasteiger partial charge in [-0.25, -0.2) is 4.72 Å². The molecule has 0 spiro atoms. The van der Waals surface area contributed by atoms with Crippen molar-refractivity contribution >= 4 is 15.9 Å². The Hall–Kier alpha value is -1.89. The van der Waals surface area contributed by atoms with E-state index in [-0.39, 0.29) is 6.54 Å². The van der Waals surface area contributed by atoms with Crippen molar-refractivity contribution in [3.05, 3.63) is 41.9 Å². The van der Waals surface area contributed by atoms with Gasteiger partial charge in [0.1, 0.15) is 0 Å². The summed E-state index contributed by atoms with van der Waals surface area (Å²) >= 11 is 0. The van der Waals surface area contributed by atoms with E-state index >= 15 is 0 Å². The van der Waals surface area contributed by atoms with Crippen LogP contribution < -0.4 is 10.5 Å². The van der Waals surface area contributed by atoms with Gasteiger partial charge in [0.2, 0.25) is 5.88 Å². The molecule has 4 N–H and O–H groups in total. The highest BCUT2D eigenvalue weighted by atomic mass is 32.2. The highest BCUT2D eigenvalue weighted by molar-refractivity contribution is 7.87. The van der Waals surface area contributed by atoms with Crippen molar-refractivity contribution in [1.29, 1.82) is 0 Å². The molecule has 0 aliphatic carbocycles. The van der Waals surface area contributed by atoms with Crippen LogP contribution in [0.15, 0.2) is 36.3 Å². The minimum atomic E-state index is -3.67. The van der Waals surface area contributed by atoms with Crippen LogP contribution in [0.5, 0.6) is 0 Å². The van der Waals surface area contributed by atoms with E-state index < -0.39 is 16.1 Å². The van der Waals surface area contributed by atoms with E-state index in [4.69, 9.17) is 10.8 Å². The van der Waals surface area contributed by atoms with Crippen LogP contribution in [0.4, 0.5) is 5.69 Å². The van der Waals surface area contributed by atoms with Gasteiger partial charge in [-0.1, -0.05) is 18.2 Å². The van der Waals surface area contributed by atoms with Gasteiger partial charge in [0, 0.05) is 5.69 Å². The molecule has 6 nitrogen and oxygen atoms in total. The average Bonchev–Trinajstić information content (AvgIpc) is 2.43. The number of hydrogen-bond donors (Lipinski definition) is 3. The Morgan fingerprint density at radius 2 is 2.06 bits per heavy atom. The molecule has 0 aromatic heterocycles. The predicted molar refractivity (Wildman–Crippen MR) is 59.2 cm³/mol. The first kappa shape index (κ1) is 10.6. The van der Waals surface area contributed by atoms with E-state index in [1.807, 2.05) is 4.72 Å². The van der Waals surface area contributed by atoms with Gasteiger partial charge >= 0.3 is 10.2 Å². The normalized spacial score (nSPS) is 18.0. The molecule has 0 fully saturated rings. The molecule has 16 heavy (non-hydrogen) atoms. The third-order valence-electron chi connectivity index (χ3n) is 2.19. The van der Waals surface area contributed by atoms with Gasteiger partial charge in [-0.15, -0.1) is 0 Å². The molecule has 0 amide bonds. The number of hydrogen-bond acceptors (Lipinski definition) is 4. The van der Waals surface area contributed by atoms with Crippen molar-refractivity contribution in [1.82, 2.24) is 9.03 Å². The lowest BCUT2D eigenvalue weighted by atomic mass is 10.2. The van der Waals surface area contributed by atoms with Crippen LogP contribution in [0.2, 0.25) is 0 Å². The van der Waals surface area contributed by atoms with E-state index in [1.165, 1.54) is 0 Å². The van der Waals surface area contributed by atoms with Crippen LogP contribution >= 0.6 is 0 Å². The summed E-state index contributed by atoms with van der Waals surface area (Å²) in [4.78, 5) is 0. The third-order valence-corrected chi connectivity index (χ3v) is 3.51. The van der Waals surface area contributed by atoms with Gasteiger partial charge in [0.05, 0.1) is 12.7 Å². The minimum Gasteiger partial charge on any atom is -0.493 e. The van der Waals surface area contributed by atoms with Crippen LogP contribution in [-0.4, -0.2) is 17.8 Å². The van der Waals surface area contributed by atoms with Crippen LogP contribution in [-0.2, 0) is 16.8 Å². The van der Waals surface area contributed by atoms with Gasteiger partial charge < -0.3 is 10.8 Å². The highest BCUT2D eigenvalue weighted by Gasteiger charge is 2.27. The molecule has 86 valence electrons. The van der Waals surface area contributed by atoms with Gasteiger partial charge in [-0.2, -0.15) is 8.42 Å². The monoisotopic (exact) mass is 241 g/mol. The molecule has 1 aliphatic rings. The van der Waals surface area contributed by atoms with Crippen LogP contribution in [0.1, 0.15) is 5.56 Å². The summed E-state index contributed by atoms with van der Waals surface area (Å²) in [5.74, 6) is -0.394. The lowest BCUT2D eigenvalue weighted by Crippen LogP contribution is -2.29. The molecule has 0 unspecified atom stereocenters. The summed E-state index contributed by atoms with van der Waals surface area (Å²) in [6, 6.07) is 6.96. The summed E-state index contributed by atoms with van der Waals surface area (Å²) < 4.78 is 25.9. The van der Waals surface area contributed by atoms with E-state index in [2.05, 4.69) is 0 Å². The topological polar surface area (TPSA) is 95.7 Å².